The number of ether oxygens (including phenoxy) is 1. The van der Waals surface area contributed by atoms with E-state index in [1.165, 1.54) is 11.1 Å². The molecule has 2 N–H and O–H groups in total. The molecule has 2 rings (SSSR count). The molecule has 1 aliphatic heterocycles. The van der Waals surface area contributed by atoms with Crippen LogP contribution in [-0.2, 0) is 22.5 Å². The van der Waals surface area contributed by atoms with Gasteiger partial charge in [-0.3, -0.25) is 4.79 Å². The van der Waals surface area contributed by atoms with E-state index in [1.54, 1.807) is 7.11 Å². The third-order valence-electron chi connectivity index (χ3n) is 3.60. The molecule has 1 aliphatic rings. The number of carbonyl (C=O) groups is 1. The van der Waals surface area contributed by atoms with Gasteiger partial charge in [0.25, 0.3) is 0 Å². The summed E-state index contributed by atoms with van der Waals surface area (Å²) in [5, 5.41) is 6.34. The molecule has 2 atom stereocenters. The van der Waals surface area contributed by atoms with Gasteiger partial charge in [0.2, 0.25) is 5.91 Å². The van der Waals surface area contributed by atoms with Gasteiger partial charge in [0, 0.05) is 13.7 Å². The summed E-state index contributed by atoms with van der Waals surface area (Å²) in [6, 6.07) is 8.22. The molecule has 0 aromatic heterocycles. The van der Waals surface area contributed by atoms with Crippen LogP contribution in [0, 0.1) is 0 Å². The van der Waals surface area contributed by atoms with Crippen molar-refractivity contribution in [3.8, 4) is 0 Å². The van der Waals surface area contributed by atoms with E-state index in [9.17, 15) is 4.79 Å². The van der Waals surface area contributed by atoms with Gasteiger partial charge in [-0.25, -0.2) is 0 Å². The third-order valence-corrected chi connectivity index (χ3v) is 3.60. The molecule has 0 spiro atoms. The quantitative estimate of drug-likeness (QED) is 0.839. The van der Waals surface area contributed by atoms with Crippen molar-refractivity contribution >= 4 is 5.91 Å². The first kappa shape index (κ1) is 14.0. The Morgan fingerprint density at radius 3 is 2.89 bits per heavy atom. The molecule has 4 heteroatoms. The lowest BCUT2D eigenvalue weighted by atomic mass is 9.95. The summed E-state index contributed by atoms with van der Waals surface area (Å²) in [6.07, 6.45) is 1.63. The molecule has 19 heavy (non-hydrogen) atoms. The van der Waals surface area contributed by atoms with Crippen LogP contribution in [0.3, 0.4) is 0 Å². The van der Waals surface area contributed by atoms with E-state index in [1.807, 2.05) is 19.1 Å². The molecule has 0 radical (unpaired) electrons. The Bertz CT molecular complexity index is 434. The average Bonchev–Trinajstić information content (AvgIpc) is 2.46. The largest absolute Gasteiger partial charge is 0.383 e. The fourth-order valence-electron chi connectivity index (χ4n) is 2.40. The number of amides is 1. The molecule has 1 heterocycles. The smallest absolute Gasteiger partial charge is 0.237 e. The van der Waals surface area contributed by atoms with Crippen molar-refractivity contribution in [1.82, 2.24) is 10.6 Å². The van der Waals surface area contributed by atoms with Gasteiger partial charge in [-0.2, -0.15) is 0 Å². The number of fused-ring (bicyclic) bond motifs is 1. The van der Waals surface area contributed by atoms with E-state index >= 15 is 0 Å². The highest BCUT2D eigenvalue weighted by Crippen LogP contribution is 2.16. The molecule has 0 fully saturated rings. The highest BCUT2D eigenvalue weighted by Gasteiger charge is 2.25. The summed E-state index contributed by atoms with van der Waals surface area (Å²) in [7, 11) is 1.66. The zero-order valence-electron chi connectivity index (χ0n) is 11.6. The van der Waals surface area contributed by atoms with Crippen LogP contribution in [0.15, 0.2) is 24.3 Å². The van der Waals surface area contributed by atoms with Crippen molar-refractivity contribution in [1.29, 1.82) is 0 Å². The maximum Gasteiger partial charge on any atom is 0.237 e. The maximum absolute atomic E-state index is 12.2. The summed E-state index contributed by atoms with van der Waals surface area (Å²) < 4.78 is 5.10. The van der Waals surface area contributed by atoms with Gasteiger partial charge >= 0.3 is 0 Å². The van der Waals surface area contributed by atoms with Crippen LogP contribution in [0.4, 0.5) is 0 Å². The molecular formula is C15H22N2O2. The monoisotopic (exact) mass is 262 g/mol. The van der Waals surface area contributed by atoms with E-state index in [0.717, 1.165) is 19.4 Å². The topological polar surface area (TPSA) is 50.4 Å². The highest BCUT2D eigenvalue weighted by atomic mass is 16.5. The van der Waals surface area contributed by atoms with Crippen molar-refractivity contribution in [2.75, 3.05) is 13.7 Å². The summed E-state index contributed by atoms with van der Waals surface area (Å²) >= 11 is 0. The number of carbonyl (C=O) groups excluding carboxylic acids is 1. The van der Waals surface area contributed by atoms with Crippen molar-refractivity contribution in [3.05, 3.63) is 35.4 Å². The predicted molar refractivity (Wildman–Crippen MR) is 74.9 cm³/mol. The zero-order valence-corrected chi connectivity index (χ0v) is 11.6. The lowest BCUT2D eigenvalue weighted by molar-refractivity contribution is -0.124. The lowest BCUT2D eigenvalue weighted by Gasteiger charge is -2.27. The van der Waals surface area contributed by atoms with Crippen LogP contribution in [-0.4, -0.2) is 31.7 Å². The summed E-state index contributed by atoms with van der Waals surface area (Å²) in [5.74, 6) is 0.0680. The molecule has 2 unspecified atom stereocenters. The predicted octanol–water partition coefficient (Wildman–Crippen LogP) is 1.24. The fourth-order valence-corrected chi connectivity index (χ4v) is 2.40. The summed E-state index contributed by atoms with van der Waals surface area (Å²) in [5.41, 5.74) is 2.55. The summed E-state index contributed by atoms with van der Waals surface area (Å²) in [6.45, 7) is 3.37. The average molecular weight is 262 g/mol. The van der Waals surface area contributed by atoms with E-state index in [-0.39, 0.29) is 18.0 Å². The van der Waals surface area contributed by atoms with Crippen molar-refractivity contribution in [2.45, 2.75) is 38.4 Å². The molecule has 0 bridgehead atoms. The van der Waals surface area contributed by atoms with Crippen LogP contribution in [0.5, 0.6) is 0 Å². The van der Waals surface area contributed by atoms with Gasteiger partial charge in [0.05, 0.1) is 18.7 Å². The van der Waals surface area contributed by atoms with Crippen LogP contribution >= 0.6 is 0 Å². The van der Waals surface area contributed by atoms with E-state index in [4.69, 9.17) is 4.74 Å². The fraction of sp³-hybridized carbons (Fsp3) is 0.533. The van der Waals surface area contributed by atoms with Crippen molar-refractivity contribution in [2.24, 2.45) is 0 Å². The Morgan fingerprint density at radius 1 is 1.47 bits per heavy atom. The van der Waals surface area contributed by atoms with Gasteiger partial charge < -0.3 is 15.4 Å². The Hall–Kier alpha value is -1.39. The second-order valence-corrected chi connectivity index (χ2v) is 4.98. The van der Waals surface area contributed by atoms with Crippen LogP contribution in [0.25, 0.3) is 0 Å². The number of benzene rings is 1. The van der Waals surface area contributed by atoms with Crippen molar-refractivity contribution in [3.63, 3.8) is 0 Å². The first-order chi connectivity index (χ1) is 9.24. The van der Waals surface area contributed by atoms with Gasteiger partial charge in [0.1, 0.15) is 0 Å². The minimum absolute atomic E-state index is 0.0680. The van der Waals surface area contributed by atoms with Gasteiger partial charge in [-0.15, -0.1) is 0 Å². The van der Waals surface area contributed by atoms with E-state index in [2.05, 4.69) is 22.8 Å². The number of hydrogen-bond donors (Lipinski definition) is 2. The first-order valence-corrected chi connectivity index (χ1v) is 6.84. The normalized spacial score (nSPS) is 19.6. The molecule has 0 saturated heterocycles. The number of hydrogen-bond acceptors (Lipinski definition) is 3. The molecule has 104 valence electrons. The highest BCUT2D eigenvalue weighted by molar-refractivity contribution is 5.82. The van der Waals surface area contributed by atoms with Crippen LogP contribution in [0.1, 0.15) is 24.5 Å². The van der Waals surface area contributed by atoms with Gasteiger partial charge in [-0.1, -0.05) is 31.2 Å². The SMILES string of the molecule is CCC(COC)NC(=O)C1Cc2ccccc2CN1. The Kier molecular flexibility index (Phi) is 4.93. The molecule has 1 amide bonds. The number of rotatable bonds is 5. The van der Waals surface area contributed by atoms with Crippen LogP contribution in [0.2, 0.25) is 0 Å². The zero-order chi connectivity index (χ0) is 13.7. The summed E-state index contributed by atoms with van der Waals surface area (Å²) in [4.78, 5) is 12.2. The molecule has 0 aliphatic carbocycles. The molecule has 1 aromatic rings. The molecule has 4 nitrogen and oxygen atoms in total. The maximum atomic E-state index is 12.2. The molecule has 0 saturated carbocycles. The van der Waals surface area contributed by atoms with Crippen molar-refractivity contribution < 1.29 is 9.53 Å². The second kappa shape index (κ2) is 6.68. The molecular weight excluding hydrogens is 240 g/mol. The number of nitrogens with one attached hydrogen (secondary N) is 2. The second-order valence-electron chi connectivity index (χ2n) is 4.98. The minimum atomic E-state index is -0.138. The van der Waals surface area contributed by atoms with Gasteiger partial charge in [-0.05, 0) is 24.0 Å². The molecule has 1 aromatic carbocycles. The minimum Gasteiger partial charge on any atom is -0.383 e. The first-order valence-electron chi connectivity index (χ1n) is 6.84. The Morgan fingerprint density at radius 2 is 2.21 bits per heavy atom. The van der Waals surface area contributed by atoms with E-state index in [0.29, 0.717) is 6.61 Å². The Balaban J connectivity index is 1.95. The standard InChI is InChI=1S/C15H22N2O2/c1-3-13(10-19-2)17-15(18)14-8-11-6-4-5-7-12(11)9-16-14/h4-7,13-14,16H,3,8-10H2,1-2H3,(H,17,18). The Labute approximate surface area is 114 Å². The van der Waals surface area contributed by atoms with Crippen LogP contribution < -0.4 is 10.6 Å². The van der Waals surface area contributed by atoms with Gasteiger partial charge in [0.15, 0.2) is 0 Å². The van der Waals surface area contributed by atoms with E-state index < -0.39 is 0 Å². The lowest BCUT2D eigenvalue weighted by Crippen LogP contribution is -2.51. The third kappa shape index (κ3) is 3.55. The number of methoxy groups -OCH3 is 1.